The number of benzene rings is 2. The molecule has 53 heavy (non-hydrogen) atoms. The highest BCUT2D eigenvalue weighted by atomic mass is 16.5. The lowest BCUT2D eigenvalue weighted by Gasteiger charge is -2.49. The van der Waals surface area contributed by atoms with Gasteiger partial charge in [0.2, 0.25) is 0 Å². The van der Waals surface area contributed by atoms with Gasteiger partial charge in [-0.1, -0.05) is 55.4 Å². The van der Waals surface area contributed by atoms with E-state index in [1.165, 1.54) is 33.6 Å². The van der Waals surface area contributed by atoms with Gasteiger partial charge in [0.05, 0.1) is 14.2 Å². The van der Waals surface area contributed by atoms with Crippen LogP contribution in [0.3, 0.4) is 0 Å². The zero-order valence-electron chi connectivity index (χ0n) is 33.8. The van der Waals surface area contributed by atoms with Gasteiger partial charge in [-0.3, -0.25) is 0 Å². The van der Waals surface area contributed by atoms with E-state index in [4.69, 9.17) is 14.2 Å². The van der Waals surface area contributed by atoms with Crippen molar-refractivity contribution in [2.24, 2.45) is 0 Å². The Labute approximate surface area is 317 Å². The summed E-state index contributed by atoms with van der Waals surface area (Å²) in [6.45, 7) is 23.1. The zero-order chi connectivity index (χ0) is 38.1. The molecule has 0 radical (unpaired) electrons. The lowest BCUT2D eigenvalue weighted by molar-refractivity contribution is 0.264. The van der Waals surface area contributed by atoms with Crippen molar-refractivity contribution in [1.29, 1.82) is 10.5 Å². The highest BCUT2D eigenvalue weighted by molar-refractivity contribution is 5.75. The Morgan fingerprint density at radius 1 is 0.660 bits per heavy atom. The second-order valence-electron chi connectivity index (χ2n) is 18.6. The van der Waals surface area contributed by atoms with E-state index >= 15 is 0 Å². The van der Waals surface area contributed by atoms with Crippen molar-refractivity contribution in [3.05, 3.63) is 80.3 Å². The maximum absolute atomic E-state index is 9.94. The monoisotopic (exact) mass is 714 g/mol. The minimum absolute atomic E-state index is 0.0108. The molecule has 5 aliphatic heterocycles. The number of hydrogen-bond acceptors (Lipinski definition) is 7. The van der Waals surface area contributed by atoms with Gasteiger partial charge in [-0.25, -0.2) is 0 Å². The molecule has 0 amide bonds. The molecule has 2 aromatic rings. The molecule has 0 bridgehead atoms. The van der Waals surface area contributed by atoms with E-state index in [0.717, 1.165) is 91.6 Å². The van der Waals surface area contributed by atoms with Gasteiger partial charge in [0.25, 0.3) is 0 Å². The lowest BCUT2D eigenvalue weighted by atomic mass is 9.68. The summed E-state index contributed by atoms with van der Waals surface area (Å²) in [5.74, 6) is 3.47. The summed E-state index contributed by atoms with van der Waals surface area (Å²) in [5, 5.41) is 19.9. The second kappa shape index (κ2) is 13.2. The van der Waals surface area contributed by atoms with Crippen LogP contribution in [0.4, 0.5) is 11.4 Å². The minimum atomic E-state index is -0.0108. The molecule has 0 aliphatic carbocycles. The molecule has 7 rings (SSSR count). The first-order chi connectivity index (χ1) is 25.0. The van der Waals surface area contributed by atoms with Gasteiger partial charge in [-0.05, 0) is 112 Å². The van der Waals surface area contributed by atoms with E-state index in [1.54, 1.807) is 14.2 Å². The Kier molecular flexibility index (Phi) is 9.20. The number of nitriles is 2. The molecule has 0 aromatic heterocycles. The summed E-state index contributed by atoms with van der Waals surface area (Å²) < 4.78 is 19.2. The molecule has 0 saturated carbocycles. The highest BCUT2D eigenvalue weighted by Crippen LogP contribution is 2.55. The second-order valence-corrected chi connectivity index (χ2v) is 18.6. The van der Waals surface area contributed by atoms with Crippen LogP contribution in [0.15, 0.2) is 46.9 Å². The Bertz CT molecular complexity index is 1880. The predicted octanol–water partition coefficient (Wildman–Crippen LogP) is 9.75. The van der Waals surface area contributed by atoms with E-state index < -0.39 is 0 Å². The Morgan fingerprint density at radius 3 is 1.40 bits per heavy atom. The van der Waals surface area contributed by atoms with E-state index in [9.17, 15) is 10.5 Å². The number of anilines is 2. The third-order valence-electron chi connectivity index (χ3n) is 13.3. The average Bonchev–Trinajstić information content (AvgIpc) is 3.11. The highest BCUT2D eigenvalue weighted by Gasteiger charge is 2.44. The molecule has 0 unspecified atom stereocenters. The first-order valence-corrected chi connectivity index (χ1v) is 19.6. The summed E-state index contributed by atoms with van der Waals surface area (Å²) in [6, 6.07) is 9.06. The number of nitrogens with zero attached hydrogens (tertiary/aromatic N) is 4. The predicted molar refractivity (Wildman–Crippen MR) is 213 cm³/mol. The van der Waals surface area contributed by atoms with Gasteiger partial charge in [-0.2, -0.15) is 10.5 Å². The fourth-order valence-electron chi connectivity index (χ4n) is 9.74. The van der Waals surface area contributed by atoms with Gasteiger partial charge in [-0.15, -0.1) is 0 Å². The van der Waals surface area contributed by atoms with Crippen molar-refractivity contribution >= 4 is 11.4 Å². The summed E-state index contributed by atoms with van der Waals surface area (Å²) in [6.07, 6.45) is 10.8. The van der Waals surface area contributed by atoms with Crippen LogP contribution in [0.5, 0.6) is 11.5 Å². The van der Waals surface area contributed by atoms with Crippen LogP contribution in [-0.4, -0.2) is 40.4 Å². The Hall–Kier alpha value is -4.36. The molecule has 7 nitrogen and oxygen atoms in total. The molecule has 2 aromatic carbocycles. The topological polar surface area (TPSA) is 81.7 Å². The maximum Gasteiger partial charge on any atom is 0.129 e. The van der Waals surface area contributed by atoms with Gasteiger partial charge < -0.3 is 24.0 Å². The lowest BCUT2D eigenvalue weighted by Crippen LogP contribution is -2.45. The van der Waals surface area contributed by atoms with Gasteiger partial charge in [0.1, 0.15) is 40.7 Å². The third-order valence-corrected chi connectivity index (χ3v) is 13.3. The van der Waals surface area contributed by atoms with Crippen molar-refractivity contribution in [3.63, 3.8) is 0 Å². The molecule has 0 atom stereocenters. The average molecular weight is 715 g/mol. The van der Waals surface area contributed by atoms with Crippen LogP contribution in [0.25, 0.3) is 0 Å². The van der Waals surface area contributed by atoms with E-state index in [-0.39, 0.29) is 27.2 Å². The molecule has 1 saturated heterocycles. The number of ether oxygens (including phenoxy) is 3. The molecule has 5 aliphatic rings. The van der Waals surface area contributed by atoms with Crippen molar-refractivity contribution in [2.75, 3.05) is 50.2 Å². The molecule has 280 valence electrons. The Balaban J connectivity index is 1.28. The van der Waals surface area contributed by atoms with Crippen molar-refractivity contribution in [2.45, 2.75) is 128 Å². The number of allylic oxidation sites excluding steroid dienone is 5. The zero-order valence-corrected chi connectivity index (χ0v) is 33.8. The first-order valence-electron chi connectivity index (χ1n) is 19.6. The minimum Gasteiger partial charge on any atom is -0.496 e. The quantitative estimate of drug-likeness (QED) is 0.276. The van der Waals surface area contributed by atoms with Crippen molar-refractivity contribution < 1.29 is 14.2 Å². The Morgan fingerprint density at radius 2 is 1.04 bits per heavy atom. The summed E-state index contributed by atoms with van der Waals surface area (Å²) >= 11 is 0. The van der Waals surface area contributed by atoms with Gasteiger partial charge in [0, 0.05) is 61.5 Å². The molecule has 5 heterocycles. The number of hydrogen-bond donors (Lipinski definition) is 0. The molecule has 0 spiro atoms. The standard InChI is InChI=1S/C46H58N4O3/c1-43(2)15-19-49-21-17-45(5,6)37-39(49)35(43)25-29(41(37)51-9)11-13-33-23-31(32(27-47)28-48)24-34(53-33)14-12-30-26-36-40-38(42(30)52-10)46(7,8)18-22-50(40)20-16-44(36,3)4/h13-14,25-26H,11-12,15-24H2,1-10H3. The van der Waals surface area contributed by atoms with E-state index in [2.05, 4.69) is 102 Å². The van der Waals surface area contributed by atoms with Crippen LogP contribution in [0.1, 0.15) is 127 Å². The maximum atomic E-state index is 9.94. The van der Waals surface area contributed by atoms with Crippen LogP contribution in [0.2, 0.25) is 0 Å². The molecule has 7 heteroatoms. The third kappa shape index (κ3) is 6.29. The molecule has 1 fully saturated rings. The molecule has 0 N–H and O–H groups in total. The molecular weight excluding hydrogens is 657 g/mol. The van der Waals surface area contributed by atoms with Crippen LogP contribution < -0.4 is 19.3 Å². The number of methoxy groups -OCH3 is 2. The van der Waals surface area contributed by atoms with Crippen molar-refractivity contribution in [3.8, 4) is 23.6 Å². The van der Waals surface area contributed by atoms with E-state index in [0.29, 0.717) is 25.7 Å². The number of rotatable bonds is 6. The smallest absolute Gasteiger partial charge is 0.129 e. The fraction of sp³-hybridized carbons (Fsp3) is 0.565. The summed E-state index contributed by atoms with van der Waals surface area (Å²) in [5.41, 5.74) is 11.5. The van der Waals surface area contributed by atoms with E-state index in [1.807, 2.05) is 0 Å². The van der Waals surface area contributed by atoms with Gasteiger partial charge in [0.15, 0.2) is 0 Å². The molecular formula is C46H58N4O3. The first kappa shape index (κ1) is 37.0. The van der Waals surface area contributed by atoms with Crippen molar-refractivity contribution in [1.82, 2.24) is 0 Å². The van der Waals surface area contributed by atoms with Gasteiger partial charge >= 0.3 is 0 Å². The SMILES string of the molecule is COc1c(CC=C2CC(=C(C#N)C#N)CC(=CCc3cc4c5c(c3OC)C(C)(C)CCN5CCC4(C)C)O2)cc2c3c1C(C)(C)CCN3CCC2(C)C. The normalized spacial score (nSPS) is 23.0. The van der Waals surface area contributed by atoms with Crippen LogP contribution in [-0.2, 0) is 39.2 Å². The summed E-state index contributed by atoms with van der Waals surface area (Å²) in [4.78, 5) is 5.14. The fourth-order valence-corrected chi connectivity index (χ4v) is 9.74. The van der Waals surface area contributed by atoms with Crippen LogP contribution in [0, 0.1) is 22.7 Å². The van der Waals surface area contributed by atoms with Crippen LogP contribution >= 0.6 is 0 Å². The summed E-state index contributed by atoms with van der Waals surface area (Å²) in [7, 11) is 3.59. The largest absolute Gasteiger partial charge is 0.496 e.